The maximum absolute atomic E-state index is 11.5. The van der Waals surface area contributed by atoms with Crippen molar-refractivity contribution >= 4 is 11.9 Å². The van der Waals surface area contributed by atoms with Crippen molar-refractivity contribution in [3.05, 3.63) is 18.2 Å². The molecule has 0 radical (unpaired) electrons. The molecule has 1 fully saturated rings. The number of aliphatic carboxylic acids is 2. The van der Waals surface area contributed by atoms with Gasteiger partial charge in [-0.15, -0.1) is 0 Å². The average Bonchev–Trinajstić information content (AvgIpc) is 3.01. The Hall–Kier alpha value is -2.10. The third-order valence-electron chi connectivity index (χ3n) is 4.61. The summed E-state index contributed by atoms with van der Waals surface area (Å²) >= 11 is 0. The molecule has 0 amide bonds. The second kappa shape index (κ2) is 11.7. The summed E-state index contributed by atoms with van der Waals surface area (Å²) < 4.78 is 33.9. The van der Waals surface area contributed by atoms with E-state index in [1.165, 1.54) is 6.42 Å². The Bertz CT molecular complexity index is 619. The lowest BCUT2D eigenvalue weighted by atomic mass is 9.87. The van der Waals surface area contributed by atoms with Crippen LogP contribution < -0.4 is 5.32 Å². The van der Waals surface area contributed by atoms with Crippen molar-refractivity contribution in [2.45, 2.75) is 77.2 Å². The molecule has 1 heterocycles. The zero-order valence-electron chi connectivity index (χ0n) is 15.9. The van der Waals surface area contributed by atoms with Gasteiger partial charge in [-0.1, -0.05) is 32.6 Å². The predicted molar refractivity (Wildman–Crippen MR) is 95.7 cm³/mol. The number of hydrogen-bond acceptors (Lipinski definition) is 4. The molecule has 3 N–H and O–H groups in total. The van der Waals surface area contributed by atoms with Gasteiger partial charge in [0.25, 0.3) is 0 Å². The number of nitrogens with zero attached hydrogens (tertiary/aromatic N) is 2. The molecule has 2 atom stereocenters. The van der Waals surface area contributed by atoms with Crippen LogP contribution in [0.1, 0.15) is 57.7 Å². The van der Waals surface area contributed by atoms with E-state index in [-0.39, 0.29) is 12.0 Å². The van der Waals surface area contributed by atoms with Gasteiger partial charge in [0.2, 0.25) is 0 Å². The van der Waals surface area contributed by atoms with E-state index in [2.05, 4.69) is 21.8 Å². The van der Waals surface area contributed by atoms with Gasteiger partial charge in [0.05, 0.1) is 12.5 Å². The summed E-state index contributed by atoms with van der Waals surface area (Å²) in [5.41, 5.74) is 0. The molecule has 1 aliphatic rings. The van der Waals surface area contributed by atoms with Gasteiger partial charge in [-0.3, -0.25) is 4.79 Å². The number of aromatic nitrogens is 2. The molecule has 160 valence electrons. The fourth-order valence-electron chi connectivity index (χ4n) is 3.20. The van der Waals surface area contributed by atoms with Gasteiger partial charge in [-0.2, -0.15) is 13.2 Å². The maximum atomic E-state index is 11.5. The van der Waals surface area contributed by atoms with Gasteiger partial charge in [0, 0.05) is 25.0 Å². The minimum atomic E-state index is -5.08. The normalized spacial score (nSPS) is 20.4. The largest absolute Gasteiger partial charge is 0.490 e. The number of alkyl halides is 3. The lowest BCUT2D eigenvalue weighted by molar-refractivity contribution is -0.192. The average molecular weight is 407 g/mol. The minimum Gasteiger partial charge on any atom is -0.481 e. The number of carbonyl (C=O) groups is 2. The van der Waals surface area contributed by atoms with E-state index >= 15 is 0 Å². The van der Waals surface area contributed by atoms with E-state index in [4.69, 9.17) is 9.90 Å². The number of nitrogens with one attached hydrogen (secondary N) is 1. The first-order chi connectivity index (χ1) is 13.2. The molecule has 28 heavy (non-hydrogen) atoms. The van der Waals surface area contributed by atoms with Crippen LogP contribution in [0.15, 0.2) is 12.4 Å². The lowest BCUT2D eigenvalue weighted by Gasteiger charge is -2.27. The topological polar surface area (TPSA) is 104 Å². The highest BCUT2D eigenvalue weighted by atomic mass is 19.4. The molecule has 1 aromatic rings. The first-order valence-corrected chi connectivity index (χ1v) is 9.43. The van der Waals surface area contributed by atoms with Crippen LogP contribution in [0, 0.1) is 5.92 Å². The molecule has 0 unspecified atom stereocenters. The van der Waals surface area contributed by atoms with Crippen molar-refractivity contribution in [1.82, 2.24) is 14.9 Å². The van der Waals surface area contributed by atoms with Crippen LogP contribution in [-0.4, -0.2) is 43.9 Å². The SMILES string of the molecule is CCCn1ccnc1CN[C@@H]1CCCCCC[C@@H]1C(=O)O.O=C(O)C(F)(F)F. The Labute approximate surface area is 162 Å². The Balaban J connectivity index is 0.000000480. The van der Waals surface area contributed by atoms with Crippen LogP contribution in [0.2, 0.25) is 0 Å². The van der Waals surface area contributed by atoms with Crippen molar-refractivity contribution in [3.63, 3.8) is 0 Å². The minimum absolute atomic E-state index is 0.0644. The van der Waals surface area contributed by atoms with Crippen LogP contribution in [0.3, 0.4) is 0 Å². The molecule has 0 saturated heterocycles. The maximum Gasteiger partial charge on any atom is 0.490 e. The monoisotopic (exact) mass is 407 g/mol. The molecule has 0 aromatic carbocycles. The molecule has 0 spiro atoms. The fourth-order valence-corrected chi connectivity index (χ4v) is 3.20. The molecular formula is C18H28F3N3O4. The molecular weight excluding hydrogens is 379 g/mol. The first-order valence-electron chi connectivity index (χ1n) is 9.43. The van der Waals surface area contributed by atoms with Crippen molar-refractivity contribution in [2.24, 2.45) is 5.92 Å². The summed E-state index contributed by atoms with van der Waals surface area (Å²) in [6, 6.07) is 0.0644. The van der Waals surface area contributed by atoms with E-state index in [1.807, 2.05) is 12.4 Å². The van der Waals surface area contributed by atoms with E-state index in [9.17, 15) is 23.1 Å². The van der Waals surface area contributed by atoms with Gasteiger partial charge < -0.3 is 20.1 Å². The Morgan fingerprint density at radius 2 is 1.82 bits per heavy atom. The van der Waals surface area contributed by atoms with Crippen molar-refractivity contribution in [2.75, 3.05) is 0 Å². The van der Waals surface area contributed by atoms with Gasteiger partial charge in [0.15, 0.2) is 0 Å². The highest BCUT2D eigenvalue weighted by Crippen LogP contribution is 2.23. The third kappa shape index (κ3) is 8.28. The quantitative estimate of drug-likeness (QED) is 0.667. The number of carboxylic acid groups (broad SMARTS) is 2. The number of rotatable bonds is 6. The van der Waals surface area contributed by atoms with E-state index in [1.54, 1.807) is 0 Å². The summed E-state index contributed by atoms with van der Waals surface area (Å²) in [6.07, 6.45) is 6.07. The predicted octanol–water partition coefficient (Wildman–Crippen LogP) is 3.44. The van der Waals surface area contributed by atoms with Crippen LogP contribution in [-0.2, 0) is 22.7 Å². The van der Waals surface area contributed by atoms with Crippen LogP contribution in [0.4, 0.5) is 13.2 Å². The van der Waals surface area contributed by atoms with Gasteiger partial charge in [-0.05, 0) is 19.3 Å². The molecule has 1 saturated carbocycles. The van der Waals surface area contributed by atoms with Crippen molar-refractivity contribution < 1.29 is 33.0 Å². The standard InChI is InChI=1S/C16H27N3O2.C2HF3O2/c1-2-10-19-11-9-17-15(19)12-18-14-8-6-4-3-5-7-13(14)16(20)21;3-2(4,5)1(6)7/h9,11,13-14,18H,2-8,10,12H2,1H3,(H,20,21);(H,6,7)/t13-,14+;/m0./s1. The smallest absolute Gasteiger partial charge is 0.481 e. The molecule has 10 heteroatoms. The van der Waals surface area contributed by atoms with Gasteiger partial charge >= 0.3 is 18.1 Å². The summed E-state index contributed by atoms with van der Waals surface area (Å²) in [6.45, 7) is 3.76. The van der Waals surface area contributed by atoms with Crippen LogP contribution >= 0.6 is 0 Å². The summed E-state index contributed by atoms with van der Waals surface area (Å²) in [5.74, 6) is -2.68. The number of halogens is 3. The zero-order valence-corrected chi connectivity index (χ0v) is 15.9. The zero-order chi connectivity index (χ0) is 21.2. The molecule has 0 bridgehead atoms. The molecule has 1 aromatic heterocycles. The highest BCUT2D eigenvalue weighted by Gasteiger charge is 2.38. The van der Waals surface area contributed by atoms with E-state index in [0.717, 1.165) is 50.9 Å². The van der Waals surface area contributed by atoms with Gasteiger partial charge in [-0.25, -0.2) is 9.78 Å². The highest BCUT2D eigenvalue weighted by molar-refractivity contribution is 5.73. The van der Waals surface area contributed by atoms with Crippen LogP contribution in [0.5, 0.6) is 0 Å². The number of hydrogen-bond donors (Lipinski definition) is 3. The van der Waals surface area contributed by atoms with Crippen LogP contribution in [0.25, 0.3) is 0 Å². The first kappa shape index (κ1) is 23.9. The Morgan fingerprint density at radius 1 is 1.21 bits per heavy atom. The number of carboxylic acids is 2. The van der Waals surface area contributed by atoms with E-state index in [0.29, 0.717) is 6.54 Å². The van der Waals surface area contributed by atoms with Gasteiger partial charge in [0.1, 0.15) is 5.82 Å². The second-order valence-electron chi connectivity index (χ2n) is 6.76. The second-order valence-corrected chi connectivity index (χ2v) is 6.76. The summed E-state index contributed by atoms with van der Waals surface area (Å²) in [7, 11) is 0. The molecule has 0 aliphatic heterocycles. The van der Waals surface area contributed by atoms with Crippen molar-refractivity contribution in [3.8, 4) is 0 Å². The summed E-state index contributed by atoms with van der Waals surface area (Å²) in [4.78, 5) is 24.8. The lowest BCUT2D eigenvalue weighted by Crippen LogP contribution is -2.41. The molecule has 7 nitrogen and oxygen atoms in total. The fraction of sp³-hybridized carbons (Fsp3) is 0.722. The third-order valence-corrected chi connectivity index (χ3v) is 4.61. The summed E-state index contributed by atoms with van der Waals surface area (Å²) in [5, 5.41) is 20.0. The molecule has 1 aliphatic carbocycles. The van der Waals surface area contributed by atoms with Crippen molar-refractivity contribution in [1.29, 1.82) is 0 Å². The number of imidazole rings is 1. The van der Waals surface area contributed by atoms with E-state index < -0.39 is 18.1 Å². The Morgan fingerprint density at radius 3 is 2.36 bits per heavy atom. The Kier molecular flexibility index (Phi) is 9.98. The molecule has 2 rings (SSSR count). The number of aryl methyl sites for hydroxylation is 1.